The Morgan fingerprint density at radius 2 is 1.84 bits per heavy atom. The normalized spacial score (nSPS) is 12.5. The third-order valence-corrected chi connectivity index (χ3v) is 4.38. The van der Waals surface area contributed by atoms with Gasteiger partial charge in [-0.05, 0) is 46.1 Å². The van der Waals surface area contributed by atoms with E-state index in [9.17, 15) is 4.79 Å². The van der Waals surface area contributed by atoms with Gasteiger partial charge in [-0.2, -0.15) is 0 Å². The number of benzene rings is 2. The standard InChI is InChI=1S/C18H21BrN2O3.ClH/c1-18(20,13-7-5-4-6-8-13)17(22)21-11-12-9-14(19)16(24-3)15(10-12)23-2;/h4-10H,11,20H2,1-3H3,(H,21,22);1H. The lowest BCUT2D eigenvalue weighted by Crippen LogP contribution is -2.48. The molecule has 3 N–H and O–H groups in total. The molecule has 2 aromatic carbocycles. The minimum absolute atomic E-state index is 0. The predicted octanol–water partition coefficient (Wildman–Crippen LogP) is 3.38. The highest BCUT2D eigenvalue weighted by Gasteiger charge is 2.30. The third kappa shape index (κ3) is 4.87. The van der Waals surface area contributed by atoms with Gasteiger partial charge in [0.15, 0.2) is 11.5 Å². The molecule has 0 spiro atoms. The van der Waals surface area contributed by atoms with Crippen LogP contribution in [0.15, 0.2) is 46.9 Å². The van der Waals surface area contributed by atoms with Gasteiger partial charge in [-0.3, -0.25) is 4.79 Å². The molecule has 136 valence electrons. The van der Waals surface area contributed by atoms with Gasteiger partial charge in [-0.25, -0.2) is 0 Å². The second-order valence-corrected chi connectivity index (χ2v) is 6.42. The van der Waals surface area contributed by atoms with Crippen LogP contribution in [0.1, 0.15) is 18.1 Å². The van der Waals surface area contributed by atoms with E-state index in [-0.39, 0.29) is 18.3 Å². The quantitative estimate of drug-likeness (QED) is 0.738. The van der Waals surface area contributed by atoms with Crippen LogP contribution in [0.5, 0.6) is 11.5 Å². The molecule has 1 atom stereocenters. The maximum absolute atomic E-state index is 12.5. The van der Waals surface area contributed by atoms with Crippen molar-refractivity contribution < 1.29 is 14.3 Å². The molecule has 1 unspecified atom stereocenters. The van der Waals surface area contributed by atoms with Gasteiger partial charge in [-0.15, -0.1) is 12.4 Å². The molecule has 0 heterocycles. The molecule has 0 bridgehead atoms. The smallest absolute Gasteiger partial charge is 0.244 e. The number of rotatable bonds is 6. The van der Waals surface area contributed by atoms with E-state index in [4.69, 9.17) is 15.2 Å². The fraction of sp³-hybridized carbons (Fsp3) is 0.278. The lowest BCUT2D eigenvalue weighted by atomic mass is 9.92. The Morgan fingerprint density at radius 3 is 2.40 bits per heavy atom. The van der Waals surface area contributed by atoms with Crippen LogP contribution in [0.3, 0.4) is 0 Å². The zero-order valence-electron chi connectivity index (χ0n) is 14.3. The molecule has 5 nitrogen and oxygen atoms in total. The largest absolute Gasteiger partial charge is 0.493 e. The lowest BCUT2D eigenvalue weighted by Gasteiger charge is -2.24. The summed E-state index contributed by atoms with van der Waals surface area (Å²) in [4.78, 5) is 12.5. The van der Waals surface area contributed by atoms with Gasteiger partial charge in [0.05, 0.1) is 18.7 Å². The van der Waals surface area contributed by atoms with Crippen molar-refractivity contribution >= 4 is 34.2 Å². The molecule has 0 aliphatic rings. The van der Waals surface area contributed by atoms with Crippen molar-refractivity contribution in [3.63, 3.8) is 0 Å². The summed E-state index contributed by atoms with van der Waals surface area (Å²) in [6.07, 6.45) is 0. The van der Waals surface area contributed by atoms with E-state index >= 15 is 0 Å². The summed E-state index contributed by atoms with van der Waals surface area (Å²) in [5.41, 5.74) is 6.74. The molecule has 0 aliphatic carbocycles. The summed E-state index contributed by atoms with van der Waals surface area (Å²) in [6, 6.07) is 13.0. The number of methoxy groups -OCH3 is 2. The van der Waals surface area contributed by atoms with Crippen molar-refractivity contribution in [2.24, 2.45) is 5.73 Å². The van der Waals surface area contributed by atoms with Crippen LogP contribution in [0, 0.1) is 0 Å². The molecular formula is C18H22BrClN2O3. The molecule has 0 radical (unpaired) electrons. The van der Waals surface area contributed by atoms with E-state index in [2.05, 4.69) is 21.2 Å². The SMILES string of the molecule is COc1cc(CNC(=O)C(C)(N)c2ccccc2)cc(Br)c1OC.Cl. The van der Waals surface area contributed by atoms with E-state index in [0.717, 1.165) is 15.6 Å². The van der Waals surface area contributed by atoms with Crippen LogP contribution in [0.4, 0.5) is 0 Å². The van der Waals surface area contributed by atoms with Crippen molar-refractivity contribution in [1.29, 1.82) is 0 Å². The summed E-state index contributed by atoms with van der Waals surface area (Å²) < 4.78 is 11.3. The van der Waals surface area contributed by atoms with Crippen molar-refractivity contribution in [2.45, 2.75) is 19.0 Å². The first-order valence-electron chi connectivity index (χ1n) is 7.43. The van der Waals surface area contributed by atoms with Gasteiger partial charge >= 0.3 is 0 Å². The number of ether oxygens (including phenoxy) is 2. The van der Waals surface area contributed by atoms with E-state index in [0.29, 0.717) is 18.0 Å². The molecule has 25 heavy (non-hydrogen) atoms. The molecule has 0 fully saturated rings. The number of hydrogen-bond donors (Lipinski definition) is 2. The molecule has 0 aromatic heterocycles. The van der Waals surface area contributed by atoms with Crippen LogP contribution in [-0.2, 0) is 16.9 Å². The zero-order chi connectivity index (χ0) is 17.7. The third-order valence-electron chi connectivity index (χ3n) is 3.79. The molecular weight excluding hydrogens is 408 g/mol. The van der Waals surface area contributed by atoms with Crippen LogP contribution < -0.4 is 20.5 Å². The summed E-state index contributed by atoms with van der Waals surface area (Å²) >= 11 is 3.44. The Balaban J connectivity index is 0.00000312. The molecule has 0 saturated carbocycles. The van der Waals surface area contributed by atoms with Crippen molar-refractivity contribution in [2.75, 3.05) is 14.2 Å². The molecule has 1 amide bonds. The van der Waals surface area contributed by atoms with Crippen LogP contribution in [0.25, 0.3) is 0 Å². The van der Waals surface area contributed by atoms with Crippen LogP contribution in [0.2, 0.25) is 0 Å². The van der Waals surface area contributed by atoms with E-state index < -0.39 is 5.54 Å². The fourth-order valence-electron chi connectivity index (χ4n) is 2.35. The fourth-order valence-corrected chi connectivity index (χ4v) is 3.01. The Kier molecular flexibility index (Phi) is 7.73. The number of carbonyl (C=O) groups is 1. The Labute approximate surface area is 162 Å². The van der Waals surface area contributed by atoms with Gasteiger partial charge < -0.3 is 20.5 Å². The number of nitrogens with one attached hydrogen (secondary N) is 1. The second kappa shape index (κ2) is 9.08. The van der Waals surface area contributed by atoms with Gasteiger partial charge in [0.1, 0.15) is 5.54 Å². The minimum atomic E-state index is -1.10. The first-order chi connectivity index (χ1) is 11.4. The predicted molar refractivity (Wildman–Crippen MR) is 104 cm³/mol. The molecule has 7 heteroatoms. The Hall–Kier alpha value is -1.76. The van der Waals surface area contributed by atoms with E-state index in [1.54, 1.807) is 21.1 Å². The van der Waals surface area contributed by atoms with E-state index in [1.807, 2.05) is 42.5 Å². The maximum Gasteiger partial charge on any atom is 0.244 e. The highest BCUT2D eigenvalue weighted by molar-refractivity contribution is 9.10. The Morgan fingerprint density at radius 1 is 1.20 bits per heavy atom. The highest BCUT2D eigenvalue weighted by Crippen LogP contribution is 2.36. The highest BCUT2D eigenvalue weighted by atomic mass is 79.9. The average Bonchev–Trinajstić information content (AvgIpc) is 2.59. The molecule has 0 saturated heterocycles. The Bertz CT molecular complexity index is 724. The van der Waals surface area contributed by atoms with Gasteiger partial charge in [0, 0.05) is 6.54 Å². The van der Waals surface area contributed by atoms with E-state index in [1.165, 1.54) is 0 Å². The van der Waals surface area contributed by atoms with Crippen molar-refractivity contribution in [3.05, 3.63) is 58.1 Å². The number of halogens is 2. The van der Waals surface area contributed by atoms with Gasteiger partial charge in [0.25, 0.3) is 0 Å². The van der Waals surface area contributed by atoms with Crippen molar-refractivity contribution in [3.8, 4) is 11.5 Å². The zero-order valence-corrected chi connectivity index (χ0v) is 16.7. The number of hydrogen-bond acceptors (Lipinski definition) is 4. The molecule has 0 aliphatic heterocycles. The second-order valence-electron chi connectivity index (χ2n) is 5.56. The average molecular weight is 430 g/mol. The summed E-state index contributed by atoms with van der Waals surface area (Å²) in [5.74, 6) is 0.954. The summed E-state index contributed by atoms with van der Waals surface area (Å²) in [7, 11) is 3.14. The minimum Gasteiger partial charge on any atom is -0.493 e. The van der Waals surface area contributed by atoms with Crippen LogP contribution >= 0.6 is 28.3 Å². The van der Waals surface area contributed by atoms with Crippen molar-refractivity contribution in [1.82, 2.24) is 5.32 Å². The summed E-state index contributed by atoms with van der Waals surface area (Å²) in [5, 5.41) is 2.87. The van der Waals surface area contributed by atoms with Crippen LogP contribution in [-0.4, -0.2) is 20.1 Å². The topological polar surface area (TPSA) is 73.6 Å². The molecule has 2 aromatic rings. The first kappa shape index (κ1) is 21.3. The first-order valence-corrected chi connectivity index (χ1v) is 8.22. The number of nitrogens with two attached hydrogens (primary N) is 1. The van der Waals surface area contributed by atoms with Gasteiger partial charge in [0.2, 0.25) is 5.91 Å². The molecule has 2 rings (SSSR count). The maximum atomic E-state index is 12.5. The van der Waals surface area contributed by atoms with Gasteiger partial charge in [-0.1, -0.05) is 30.3 Å². The number of amides is 1. The monoisotopic (exact) mass is 428 g/mol. The summed E-state index contributed by atoms with van der Waals surface area (Å²) in [6.45, 7) is 2.03. The number of carbonyl (C=O) groups excluding carboxylic acids is 1. The lowest BCUT2D eigenvalue weighted by molar-refractivity contribution is -0.126.